The van der Waals surface area contributed by atoms with Crippen LogP contribution in [0.5, 0.6) is 0 Å². The number of nitrogens with one attached hydrogen (secondary N) is 1. The number of halogens is 1. The minimum atomic E-state index is -0.564. The Hall–Kier alpha value is -1.58. The third-order valence-corrected chi connectivity index (χ3v) is 3.53. The van der Waals surface area contributed by atoms with E-state index >= 15 is 0 Å². The number of hydrogen-bond donors (Lipinski definition) is 2. The largest absolute Gasteiger partial charge is 0.396 e. The summed E-state index contributed by atoms with van der Waals surface area (Å²) >= 11 is 0. The van der Waals surface area contributed by atoms with Crippen LogP contribution in [0.3, 0.4) is 0 Å². The topological polar surface area (TPSA) is 55.1 Å². The smallest absolute Gasteiger partial charge is 0.251 e. The molecule has 1 aromatic carbocycles. The summed E-state index contributed by atoms with van der Waals surface area (Å²) in [5, 5.41) is 2.82. The van der Waals surface area contributed by atoms with Crippen molar-refractivity contribution in [3.05, 3.63) is 29.6 Å². The van der Waals surface area contributed by atoms with Gasteiger partial charge in [-0.2, -0.15) is 0 Å². The number of nitrogens with two attached hydrogens (primary N) is 1. The second-order valence-electron chi connectivity index (χ2n) is 5.56. The van der Waals surface area contributed by atoms with E-state index in [4.69, 9.17) is 5.73 Å². The number of benzene rings is 1. The summed E-state index contributed by atoms with van der Waals surface area (Å²) in [4.78, 5) is 11.9. The molecule has 1 amide bonds. The van der Waals surface area contributed by atoms with E-state index in [2.05, 4.69) is 33.0 Å². The first-order valence-corrected chi connectivity index (χ1v) is 6.07. The molecule has 0 saturated heterocycles. The Kier molecular flexibility index (Phi) is 4.33. The van der Waals surface area contributed by atoms with Gasteiger partial charge in [0.05, 0.1) is 5.69 Å². The van der Waals surface area contributed by atoms with Gasteiger partial charge in [0.15, 0.2) is 0 Å². The Balaban J connectivity index is 2.69. The van der Waals surface area contributed by atoms with Crippen molar-refractivity contribution in [2.75, 3.05) is 12.3 Å². The summed E-state index contributed by atoms with van der Waals surface area (Å²) < 4.78 is 13.2. The molecule has 0 aromatic heterocycles. The lowest BCUT2D eigenvalue weighted by molar-refractivity contribution is 0.0924. The fourth-order valence-electron chi connectivity index (χ4n) is 1.28. The van der Waals surface area contributed by atoms with Crippen molar-refractivity contribution in [3.8, 4) is 0 Å². The fraction of sp³-hybridized carbons (Fsp3) is 0.500. The highest BCUT2D eigenvalue weighted by Crippen LogP contribution is 2.24. The van der Waals surface area contributed by atoms with Crippen molar-refractivity contribution in [1.82, 2.24) is 5.32 Å². The predicted molar refractivity (Wildman–Crippen MR) is 71.8 cm³/mol. The fourth-order valence-corrected chi connectivity index (χ4v) is 1.28. The van der Waals surface area contributed by atoms with E-state index in [1.165, 1.54) is 12.1 Å². The van der Waals surface area contributed by atoms with Crippen molar-refractivity contribution in [2.45, 2.75) is 27.7 Å². The third-order valence-electron chi connectivity index (χ3n) is 3.53. The van der Waals surface area contributed by atoms with Crippen LogP contribution in [-0.4, -0.2) is 12.5 Å². The van der Waals surface area contributed by atoms with Crippen LogP contribution in [0.4, 0.5) is 10.1 Å². The highest BCUT2D eigenvalue weighted by Gasteiger charge is 2.23. The van der Waals surface area contributed by atoms with Crippen LogP contribution in [0.1, 0.15) is 38.1 Å². The van der Waals surface area contributed by atoms with Crippen molar-refractivity contribution in [1.29, 1.82) is 0 Å². The summed E-state index contributed by atoms with van der Waals surface area (Å²) in [6, 6.07) is 4.08. The monoisotopic (exact) mass is 252 g/mol. The van der Waals surface area contributed by atoms with Gasteiger partial charge in [0.25, 0.3) is 5.91 Å². The Morgan fingerprint density at radius 3 is 2.56 bits per heavy atom. The van der Waals surface area contributed by atoms with E-state index in [0.29, 0.717) is 18.0 Å². The van der Waals surface area contributed by atoms with Crippen molar-refractivity contribution >= 4 is 11.6 Å². The summed E-state index contributed by atoms with van der Waals surface area (Å²) in [6.45, 7) is 8.93. The molecule has 3 N–H and O–H groups in total. The third kappa shape index (κ3) is 3.45. The minimum absolute atomic E-state index is 0.00200. The molecule has 0 unspecified atom stereocenters. The van der Waals surface area contributed by atoms with Gasteiger partial charge in [-0.05, 0) is 29.5 Å². The van der Waals surface area contributed by atoms with E-state index in [-0.39, 0.29) is 17.0 Å². The van der Waals surface area contributed by atoms with Gasteiger partial charge in [-0.25, -0.2) is 4.39 Å². The highest BCUT2D eigenvalue weighted by atomic mass is 19.1. The molecular formula is C14H21FN2O. The number of rotatable bonds is 4. The average Bonchev–Trinajstić information content (AvgIpc) is 2.29. The van der Waals surface area contributed by atoms with Gasteiger partial charge < -0.3 is 11.1 Å². The lowest BCUT2D eigenvalue weighted by atomic mass is 9.81. The first-order chi connectivity index (χ1) is 8.24. The Morgan fingerprint density at radius 1 is 1.44 bits per heavy atom. The summed E-state index contributed by atoms with van der Waals surface area (Å²) in [5.74, 6) is -0.394. The Bertz CT molecular complexity index is 441. The zero-order chi connectivity index (χ0) is 13.9. The molecule has 0 aliphatic rings. The van der Waals surface area contributed by atoms with Crippen LogP contribution in [0.2, 0.25) is 0 Å². The summed E-state index contributed by atoms with van der Waals surface area (Å²) in [6.07, 6.45) is 0. The van der Waals surface area contributed by atoms with Crippen LogP contribution in [0.25, 0.3) is 0 Å². The highest BCUT2D eigenvalue weighted by molar-refractivity contribution is 5.94. The minimum Gasteiger partial charge on any atom is -0.396 e. The maximum atomic E-state index is 13.2. The van der Waals surface area contributed by atoms with Gasteiger partial charge in [-0.3, -0.25) is 4.79 Å². The molecule has 0 fully saturated rings. The SMILES string of the molecule is CC(C)C(C)(C)CNC(=O)c1ccc(N)c(F)c1. The standard InChI is InChI=1S/C14H21FN2O/c1-9(2)14(3,4)8-17-13(18)10-5-6-12(16)11(15)7-10/h5-7,9H,8,16H2,1-4H3,(H,17,18). The summed E-state index contributed by atoms with van der Waals surface area (Å²) in [7, 11) is 0. The second-order valence-corrected chi connectivity index (χ2v) is 5.56. The molecule has 0 spiro atoms. The maximum absolute atomic E-state index is 13.2. The maximum Gasteiger partial charge on any atom is 0.251 e. The molecule has 4 heteroatoms. The van der Waals surface area contributed by atoms with Gasteiger partial charge >= 0.3 is 0 Å². The molecule has 0 saturated carbocycles. The Morgan fingerprint density at radius 2 is 2.06 bits per heavy atom. The molecule has 0 bridgehead atoms. The van der Waals surface area contributed by atoms with Crippen LogP contribution >= 0.6 is 0 Å². The molecule has 1 rings (SSSR count). The van der Waals surface area contributed by atoms with E-state index in [1.54, 1.807) is 0 Å². The molecular weight excluding hydrogens is 231 g/mol. The van der Waals surface area contributed by atoms with Crippen LogP contribution in [0.15, 0.2) is 18.2 Å². The number of carbonyl (C=O) groups is 1. The molecule has 0 aliphatic carbocycles. The van der Waals surface area contributed by atoms with Gasteiger partial charge in [-0.1, -0.05) is 27.7 Å². The average molecular weight is 252 g/mol. The lowest BCUT2D eigenvalue weighted by Crippen LogP contribution is -2.37. The van der Waals surface area contributed by atoms with Crippen molar-refractivity contribution < 1.29 is 9.18 Å². The molecule has 100 valence electrons. The number of anilines is 1. The molecule has 0 aliphatic heterocycles. The van der Waals surface area contributed by atoms with E-state index in [9.17, 15) is 9.18 Å². The van der Waals surface area contributed by atoms with Crippen molar-refractivity contribution in [2.24, 2.45) is 11.3 Å². The number of carbonyl (C=O) groups excluding carboxylic acids is 1. The number of nitrogen functional groups attached to an aromatic ring is 1. The van der Waals surface area contributed by atoms with Crippen LogP contribution in [-0.2, 0) is 0 Å². The van der Waals surface area contributed by atoms with Gasteiger partial charge in [0.2, 0.25) is 0 Å². The molecule has 3 nitrogen and oxygen atoms in total. The van der Waals surface area contributed by atoms with Crippen LogP contribution < -0.4 is 11.1 Å². The number of hydrogen-bond acceptors (Lipinski definition) is 2. The van der Waals surface area contributed by atoms with E-state index in [0.717, 1.165) is 6.07 Å². The molecule has 0 radical (unpaired) electrons. The normalized spacial score (nSPS) is 11.7. The predicted octanol–water partition coefficient (Wildman–Crippen LogP) is 2.82. The lowest BCUT2D eigenvalue weighted by Gasteiger charge is -2.29. The number of amides is 1. The first-order valence-electron chi connectivity index (χ1n) is 6.07. The summed E-state index contributed by atoms with van der Waals surface area (Å²) in [5.41, 5.74) is 5.71. The zero-order valence-corrected chi connectivity index (χ0v) is 11.4. The molecule has 18 heavy (non-hydrogen) atoms. The van der Waals surface area contributed by atoms with Crippen molar-refractivity contribution in [3.63, 3.8) is 0 Å². The van der Waals surface area contributed by atoms with Gasteiger partial charge in [0.1, 0.15) is 5.82 Å². The quantitative estimate of drug-likeness (QED) is 0.810. The zero-order valence-electron chi connectivity index (χ0n) is 11.4. The molecule has 1 aromatic rings. The van der Waals surface area contributed by atoms with Gasteiger partial charge in [0, 0.05) is 12.1 Å². The molecule has 0 atom stereocenters. The van der Waals surface area contributed by atoms with Gasteiger partial charge in [-0.15, -0.1) is 0 Å². The first kappa shape index (κ1) is 14.5. The Labute approximate surface area is 108 Å². The molecule has 0 heterocycles. The van der Waals surface area contributed by atoms with E-state index in [1.807, 2.05) is 0 Å². The van der Waals surface area contributed by atoms with E-state index < -0.39 is 5.82 Å². The second kappa shape index (κ2) is 5.38. The van der Waals surface area contributed by atoms with Crippen LogP contribution in [0, 0.1) is 17.2 Å².